The van der Waals surface area contributed by atoms with Gasteiger partial charge in [0.1, 0.15) is 10.8 Å². The summed E-state index contributed by atoms with van der Waals surface area (Å²) in [6, 6.07) is 21.9. The maximum absolute atomic E-state index is 14.0. The van der Waals surface area contributed by atoms with Crippen LogP contribution in [0.5, 0.6) is 5.75 Å². The van der Waals surface area contributed by atoms with Crippen molar-refractivity contribution < 1.29 is 9.53 Å². The lowest BCUT2D eigenvalue weighted by Gasteiger charge is -2.31. The van der Waals surface area contributed by atoms with Crippen molar-refractivity contribution in [2.45, 2.75) is 45.2 Å². The van der Waals surface area contributed by atoms with Crippen LogP contribution in [0, 0.1) is 0 Å². The molecule has 6 rings (SSSR count). The van der Waals surface area contributed by atoms with E-state index < -0.39 is 0 Å². The largest absolute Gasteiger partial charge is 0.492 e. The minimum atomic E-state index is -0.204. The second-order valence-corrected chi connectivity index (χ2v) is 10.2. The molecular weight excluding hydrogens is 454 g/mol. The van der Waals surface area contributed by atoms with Gasteiger partial charge < -0.3 is 19.5 Å². The Balaban J connectivity index is 1.47. The van der Waals surface area contributed by atoms with Crippen molar-refractivity contribution in [1.82, 2.24) is 9.47 Å². The quantitative estimate of drug-likeness (QED) is 0.341. The third-order valence-electron chi connectivity index (χ3n) is 6.98. The van der Waals surface area contributed by atoms with Crippen molar-refractivity contribution >= 4 is 23.1 Å². The molecule has 3 heterocycles. The van der Waals surface area contributed by atoms with Gasteiger partial charge in [0.25, 0.3) is 0 Å². The van der Waals surface area contributed by atoms with Crippen LogP contribution < -0.4 is 10.1 Å². The third kappa shape index (κ3) is 3.92. The average Bonchev–Trinajstić information content (AvgIpc) is 3.48. The van der Waals surface area contributed by atoms with Gasteiger partial charge in [0, 0.05) is 16.6 Å². The summed E-state index contributed by atoms with van der Waals surface area (Å²) in [5.74, 6) is 0.686. The molecule has 0 fully saturated rings. The van der Waals surface area contributed by atoms with Crippen LogP contribution in [0.4, 0.5) is 10.5 Å². The van der Waals surface area contributed by atoms with Gasteiger partial charge in [-0.05, 0) is 68.0 Å². The molecule has 0 saturated heterocycles. The maximum Gasteiger partial charge on any atom is 0.323 e. The molecule has 1 N–H and O–H groups in total. The Kier molecular flexibility index (Phi) is 5.82. The summed E-state index contributed by atoms with van der Waals surface area (Å²) in [5, 5.41) is 4.44. The molecule has 4 aromatic rings. The van der Waals surface area contributed by atoms with Crippen LogP contribution in [-0.2, 0) is 19.4 Å². The number of nitrogens with zero attached hydrogens (tertiary/aromatic N) is 2. The van der Waals surface area contributed by atoms with Crippen molar-refractivity contribution in [3.05, 3.63) is 100 Å². The highest BCUT2D eigenvalue weighted by Gasteiger charge is 2.36. The van der Waals surface area contributed by atoms with Crippen molar-refractivity contribution in [1.29, 1.82) is 0 Å². The minimum Gasteiger partial charge on any atom is -0.492 e. The van der Waals surface area contributed by atoms with Gasteiger partial charge in [-0.15, -0.1) is 11.3 Å². The summed E-state index contributed by atoms with van der Waals surface area (Å²) >= 11 is 1.91. The smallest absolute Gasteiger partial charge is 0.323 e. The Labute approximate surface area is 210 Å². The number of aromatic nitrogens is 1. The number of hydrogen-bond acceptors (Lipinski definition) is 3. The fourth-order valence-electron chi connectivity index (χ4n) is 5.41. The third-order valence-corrected chi connectivity index (χ3v) is 8.32. The van der Waals surface area contributed by atoms with Crippen LogP contribution in [0.1, 0.15) is 53.1 Å². The van der Waals surface area contributed by atoms with Crippen LogP contribution >= 0.6 is 11.3 Å². The number of aryl methyl sites for hydroxylation is 1. The molecule has 0 unspecified atom stereocenters. The molecule has 1 aliphatic carbocycles. The number of carbonyl (C=O) groups is 1. The SMILES string of the molecule is CCOc1ccccc1NC(=O)N1Cc2c(sc3c2CCCC3)-n2cccc2[C@@H]1c1ccccc1. The second kappa shape index (κ2) is 9.27. The van der Waals surface area contributed by atoms with E-state index in [1.807, 2.05) is 65.6 Å². The van der Waals surface area contributed by atoms with Crippen LogP contribution in [-0.4, -0.2) is 22.1 Å². The van der Waals surface area contributed by atoms with Crippen molar-refractivity contribution in [3.63, 3.8) is 0 Å². The number of fused-ring (bicyclic) bond motifs is 5. The number of ether oxygens (including phenoxy) is 1. The molecule has 35 heavy (non-hydrogen) atoms. The zero-order chi connectivity index (χ0) is 23.8. The average molecular weight is 484 g/mol. The summed E-state index contributed by atoms with van der Waals surface area (Å²) in [7, 11) is 0. The Morgan fingerprint density at radius 3 is 2.66 bits per heavy atom. The maximum atomic E-state index is 14.0. The summed E-state index contributed by atoms with van der Waals surface area (Å²) < 4.78 is 8.10. The first-order valence-corrected chi connectivity index (χ1v) is 13.2. The fraction of sp³-hybridized carbons (Fsp3) is 0.276. The lowest BCUT2D eigenvalue weighted by molar-refractivity contribution is 0.194. The molecule has 2 aliphatic rings. The number of rotatable bonds is 4. The molecular formula is C29H29N3O2S. The van der Waals surface area contributed by atoms with Gasteiger partial charge in [-0.3, -0.25) is 0 Å². The number of para-hydroxylation sites is 2. The summed E-state index contributed by atoms with van der Waals surface area (Å²) in [4.78, 5) is 17.5. The van der Waals surface area contributed by atoms with E-state index in [1.165, 1.54) is 33.8 Å². The molecule has 6 heteroatoms. The van der Waals surface area contributed by atoms with Crippen molar-refractivity contribution in [3.8, 4) is 10.8 Å². The molecule has 2 aromatic heterocycles. The Hall–Kier alpha value is -3.51. The monoisotopic (exact) mass is 483 g/mol. The van der Waals surface area contributed by atoms with E-state index in [0.717, 1.165) is 24.1 Å². The topological polar surface area (TPSA) is 46.5 Å². The molecule has 5 nitrogen and oxygen atoms in total. The summed E-state index contributed by atoms with van der Waals surface area (Å²) in [6.45, 7) is 3.07. The van der Waals surface area contributed by atoms with Gasteiger partial charge in [-0.25, -0.2) is 4.79 Å². The first-order valence-electron chi connectivity index (χ1n) is 12.4. The Morgan fingerprint density at radius 1 is 1.00 bits per heavy atom. The fourth-order valence-corrected chi connectivity index (χ4v) is 6.81. The van der Waals surface area contributed by atoms with Crippen LogP contribution in [0.2, 0.25) is 0 Å². The molecule has 2 amide bonds. The van der Waals surface area contributed by atoms with Crippen molar-refractivity contribution in [2.75, 3.05) is 11.9 Å². The predicted octanol–water partition coefficient (Wildman–Crippen LogP) is 6.95. The van der Waals surface area contributed by atoms with E-state index in [9.17, 15) is 4.79 Å². The lowest BCUT2D eigenvalue weighted by atomic mass is 9.95. The minimum absolute atomic E-state index is 0.123. The molecule has 1 atom stereocenters. The van der Waals surface area contributed by atoms with E-state index in [1.54, 1.807) is 0 Å². The number of carbonyl (C=O) groups excluding carboxylic acids is 1. The Morgan fingerprint density at radius 2 is 1.80 bits per heavy atom. The number of nitrogens with one attached hydrogen (secondary N) is 1. The van der Waals surface area contributed by atoms with E-state index in [0.29, 0.717) is 24.6 Å². The number of amides is 2. The van der Waals surface area contributed by atoms with Crippen LogP contribution in [0.25, 0.3) is 5.00 Å². The number of anilines is 1. The van der Waals surface area contributed by atoms with Gasteiger partial charge in [0.15, 0.2) is 0 Å². The van der Waals surface area contributed by atoms with Gasteiger partial charge in [0.2, 0.25) is 0 Å². The molecule has 1 aliphatic heterocycles. The molecule has 0 radical (unpaired) electrons. The second-order valence-electron chi connectivity index (χ2n) is 9.10. The zero-order valence-corrected chi connectivity index (χ0v) is 20.7. The zero-order valence-electron chi connectivity index (χ0n) is 19.9. The van der Waals surface area contributed by atoms with Crippen LogP contribution in [0.15, 0.2) is 72.9 Å². The summed E-state index contributed by atoms with van der Waals surface area (Å²) in [6.07, 6.45) is 6.84. The highest BCUT2D eigenvalue weighted by atomic mass is 32.1. The molecule has 0 bridgehead atoms. The normalized spacial score (nSPS) is 16.6. The summed E-state index contributed by atoms with van der Waals surface area (Å²) in [5.41, 5.74) is 5.66. The van der Waals surface area contributed by atoms with E-state index in [4.69, 9.17) is 4.74 Å². The molecule has 2 aromatic carbocycles. The highest BCUT2D eigenvalue weighted by Crippen LogP contribution is 2.44. The first-order chi connectivity index (χ1) is 17.2. The number of benzene rings is 2. The van der Waals surface area contributed by atoms with Gasteiger partial charge in [0.05, 0.1) is 30.6 Å². The standard InChI is InChI=1S/C29H29N3O2S/c1-2-34-25-16-8-7-14-23(25)30-29(33)32-19-22-21-13-6-9-17-26(21)35-28(22)31-18-10-15-24(31)27(32)20-11-4-3-5-12-20/h3-5,7-8,10-12,14-16,18,27H,2,6,9,13,17,19H2,1H3,(H,30,33)/t27-/m0/s1. The predicted molar refractivity (Wildman–Crippen MR) is 141 cm³/mol. The Bertz CT molecular complexity index is 1360. The molecule has 178 valence electrons. The van der Waals surface area contributed by atoms with Gasteiger partial charge in [-0.1, -0.05) is 42.5 Å². The van der Waals surface area contributed by atoms with Crippen LogP contribution in [0.3, 0.4) is 0 Å². The first kappa shape index (κ1) is 22.0. The van der Waals surface area contributed by atoms with Gasteiger partial charge >= 0.3 is 6.03 Å². The number of urea groups is 1. The molecule has 0 saturated carbocycles. The lowest BCUT2D eigenvalue weighted by Crippen LogP contribution is -2.38. The van der Waals surface area contributed by atoms with E-state index in [2.05, 4.69) is 40.3 Å². The number of hydrogen-bond donors (Lipinski definition) is 1. The van der Waals surface area contributed by atoms with E-state index in [-0.39, 0.29) is 12.1 Å². The van der Waals surface area contributed by atoms with E-state index >= 15 is 0 Å². The number of thiophene rings is 1. The highest BCUT2D eigenvalue weighted by molar-refractivity contribution is 7.15. The molecule has 0 spiro atoms. The van der Waals surface area contributed by atoms with Crippen molar-refractivity contribution in [2.24, 2.45) is 0 Å². The van der Waals surface area contributed by atoms with Gasteiger partial charge in [-0.2, -0.15) is 0 Å².